The van der Waals surface area contributed by atoms with Crippen LogP contribution in [0.15, 0.2) is 78.9 Å². The van der Waals surface area contributed by atoms with Crippen LogP contribution >= 0.6 is 0 Å². The molecule has 4 N–H and O–H groups in total. The number of alkyl carbamates (subject to hydrolysis) is 1. The lowest BCUT2D eigenvalue weighted by Crippen LogP contribution is -2.32. The molecule has 0 saturated carbocycles. The smallest absolute Gasteiger partial charge is 0.414 e. The Balaban J connectivity index is 1.78. The van der Waals surface area contributed by atoms with E-state index in [2.05, 4.69) is 5.32 Å². The summed E-state index contributed by atoms with van der Waals surface area (Å²) in [5.74, 6) is -1.10. The largest absolute Gasteiger partial charge is 0.507 e. The second-order valence-corrected chi connectivity index (χ2v) is 7.24. The predicted molar refractivity (Wildman–Crippen MR) is 122 cm³/mol. The Kier molecular flexibility index (Phi) is 8.15. The highest BCUT2D eigenvalue weighted by Crippen LogP contribution is 2.34. The van der Waals surface area contributed by atoms with E-state index in [1.54, 1.807) is 54.6 Å². The number of nitrogens with one attached hydrogen (secondary N) is 2. The van der Waals surface area contributed by atoms with Crippen LogP contribution in [0.4, 0.5) is 4.79 Å². The number of unbranched alkanes of at least 4 members (excludes halogenated alkanes) is 1. The maximum absolute atomic E-state index is 12.5. The molecule has 3 amide bonds. The van der Waals surface area contributed by atoms with Crippen molar-refractivity contribution >= 4 is 28.7 Å². The number of phenolic OH excluding ortho intramolecular Hbond substituents is 1. The number of allylic oxidation sites excluding steroid dienone is 1. The third-order valence-electron chi connectivity index (χ3n) is 5.00. The SMILES string of the molecule is O=C(/C=C/CCC[C@@H](OC(=O)NC(=O)c1ccccc1)c1ccc(O)c2ccccc12)NO. The molecule has 0 fully saturated rings. The Morgan fingerprint density at radius 3 is 2.36 bits per heavy atom. The highest BCUT2D eigenvalue weighted by atomic mass is 16.6. The molecule has 0 heterocycles. The molecule has 0 saturated heterocycles. The summed E-state index contributed by atoms with van der Waals surface area (Å²) in [5.41, 5.74) is 2.53. The number of fused-ring (bicyclic) bond motifs is 1. The summed E-state index contributed by atoms with van der Waals surface area (Å²) in [4.78, 5) is 35.9. The minimum absolute atomic E-state index is 0.106. The molecule has 3 rings (SSSR count). The van der Waals surface area contributed by atoms with Crippen molar-refractivity contribution in [1.82, 2.24) is 10.8 Å². The van der Waals surface area contributed by atoms with Gasteiger partial charge in [-0.2, -0.15) is 0 Å². The molecule has 3 aromatic carbocycles. The van der Waals surface area contributed by atoms with Crippen LogP contribution in [0.5, 0.6) is 5.75 Å². The topological polar surface area (TPSA) is 125 Å². The number of hydrogen-bond acceptors (Lipinski definition) is 6. The molecule has 0 aliphatic heterocycles. The van der Waals surface area contributed by atoms with Gasteiger partial charge in [-0.15, -0.1) is 0 Å². The summed E-state index contributed by atoms with van der Waals surface area (Å²) in [6.45, 7) is 0. The van der Waals surface area contributed by atoms with Gasteiger partial charge in [0, 0.05) is 22.6 Å². The Labute approximate surface area is 190 Å². The van der Waals surface area contributed by atoms with E-state index in [0.29, 0.717) is 35.8 Å². The van der Waals surface area contributed by atoms with E-state index in [0.717, 1.165) is 5.39 Å². The maximum atomic E-state index is 12.5. The van der Waals surface area contributed by atoms with Crippen LogP contribution in [0.3, 0.4) is 0 Å². The van der Waals surface area contributed by atoms with E-state index < -0.39 is 24.0 Å². The van der Waals surface area contributed by atoms with Crippen molar-refractivity contribution in [3.05, 3.63) is 90.0 Å². The van der Waals surface area contributed by atoms with Gasteiger partial charge in [0.15, 0.2) is 0 Å². The van der Waals surface area contributed by atoms with Gasteiger partial charge in [0.05, 0.1) is 0 Å². The van der Waals surface area contributed by atoms with E-state index in [4.69, 9.17) is 9.94 Å². The first-order chi connectivity index (χ1) is 16.0. The second-order valence-electron chi connectivity index (χ2n) is 7.24. The number of benzene rings is 3. The Morgan fingerprint density at radius 2 is 1.64 bits per heavy atom. The lowest BCUT2D eigenvalue weighted by Gasteiger charge is -2.20. The molecule has 0 spiro atoms. The molecule has 0 aliphatic rings. The number of rotatable bonds is 8. The van der Waals surface area contributed by atoms with Crippen molar-refractivity contribution in [1.29, 1.82) is 0 Å². The monoisotopic (exact) mass is 448 g/mol. The van der Waals surface area contributed by atoms with E-state index in [1.165, 1.54) is 17.6 Å². The third kappa shape index (κ3) is 6.41. The fourth-order valence-electron chi connectivity index (χ4n) is 3.43. The Hall–Kier alpha value is -4.17. The number of hydroxylamine groups is 1. The predicted octanol–water partition coefficient (Wildman–Crippen LogP) is 4.39. The lowest BCUT2D eigenvalue weighted by atomic mass is 9.96. The molecule has 8 nitrogen and oxygen atoms in total. The van der Waals surface area contributed by atoms with Crippen LogP contribution in [-0.4, -0.2) is 28.2 Å². The lowest BCUT2D eigenvalue weighted by molar-refractivity contribution is -0.124. The van der Waals surface area contributed by atoms with Crippen molar-refractivity contribution in [3.63, 3.8) is 0 Å². The number of carbonyl (C=O) groups is 3. The Bertz CT molecular complexity index is 1160. The summed E-state index contributed by atoms with van der Waals surface area (Å²) in [6, 6.07) is 18.7. The van der Waals surface area contributed by atoms with Gasteiger partial charge in [-0.25, -0.2) is 10.3 Å². The van der Waals surface area contributed by atoms with Gasteiger partial charge in [-0.05, 0) is 42.8 Å². The van der Waals surface area contributed by atoms with Crippen LogP contribution in [0.1, 0.15) is 41.3 Å². The van der Waals surface area contributed by atoms with Gasteiger partial charge in [0.1, 0.15) is 11.9 Å². The first-order valence-corrected chi connectivity index (χ1v) is 10.4. The van der Waals surface area contributed by atoms with Gasteiger partial charge in [0.2, 0.25) is 0 Å². The van der Waals surface area contributed by atoms with Crippen molar-refractivity contribution in [2.75, 3.05) is 0 Å². The molecular formula is C25H24N2O6. The zero-order chi connectivity index (χ0) is 23.6. The van der Waals surface area contributed by atoms with Gasteiger partial charge in [0.25, 0.3) is 11.8 Å². The van der Waals surface area contributed by atoms with Gasteiger partial charge in [-0.1, -0.05) is 54.6 Å². The van der Waals surface area contributed by atoms with Crippen LogP contribution in [0.2, 0.25) is 0 Å². The third-order valence-corrected chi connectivity index (χ3v) is 5.00. The average molecular weight is 448 g/mol. The molecule has 170 valence electrons. The van der Waals surface area contributed by atoms with Crippen molar-refractivity contribution in [2.24, 2.45) is 0 Å². The molecule has 33 heavy (non-hydrogen) atoms. The normalized spacial score (nSPS) is 11.8. The molecule has 0 bridgehead atoms. The number of ether oxygens (including phenoxy) is 1. The fraction of sp³-hybridized carbons (Fsp3) is 0.160. The fourth-order valence-corrected chi connectivity index (χ4v) is 3.43. The van der Waals surface area contributed by atoms with E-state index in [9.17, 15) is 19.5 Å². The Morgan fingerprint density at radius 1 is 0.939 bits per heavy atom. The van der Waals surface area contributed by atoms with E-state index in [1.807, 2.05) is 12.1 Å². The van der Waals surface area contributed by atoms with Crippen LogP contribution in [-0.2, 0) is 9.53 Å². The molecule has 3 aromatic rings. The van der Waals surface area contributed by atoms with Crippen LogP contribution in [0.25, 0.3) is 10.8 Å². The number of hydrogen-bond donors (Lipinski definition) is 4. The first-order valence-electron chi connectivity index (χ1n) is 10.4. The van der Waals surface area contributed by atoms with Crippen molar-refractivity contribution in [2.45, 2.75) is 25.4 Å². The minimum Gasteiger partial charge on any atom is -0.507 e. The van der Waals surface area contributed by atoms with Gasteiger partial charge >= 0.3 is 6.09 Å². The zero-order valence-corrected chi connectivity index (χ0v) is 17.7. The van der Waals surface area contributed by atoms with Crippen LogP contribution < -0.4 is 10.8 Å². The highest BCUT2D eigenvalue weighted by molar-refractivity contribution is 6.03. The summed E-state index contributed by atoms with van der Waals surface area (Å²) in [6.07, 6.45) is 2.64. The number of phenols is 1. The summed E-state index contributed by atoms with van der Waals surface area (Å²) in [5, 5.41) is 22.3. The van der Waals surface area contributed by atoms with Gasteiger partial charge < -0.3 is 9.84 Å². The van der Waals surface area contributed by atoms with Gasteiger partial charge in [-0.3, -0.25) is 20.1 Å². The molecule has 0 unspecified atom stereocenters. The quantitative estimate of drug-likeness (QED) is 0.175. The van der Waals surface area contributed by atoms with E-state index in [-0.39, 0.29) is 5.75 Å². The van der Waals surface area contributed by atoms with Crippen molar-refractivity contribution < 1.29 is 29.4 Å². The summed E-state index contributed by atoms with van der Waals surface area (Å²) < 4.78 is 5.63. The molecule has 0 aliphatic carbocycles. The highest BCUT2D eigenvalue weighted by Gasteiger charge is 2.21. The molecule has 0 aromatic heterocycles. The average Bonchev–Trinajstić information content (AvgIpc) is 2.84. The van der Waals surface area contributed by atoms with Crippen molar-refractivity contribution in [3.8, 4) is 5.75 Å². The molecule has 1 atom stereocenters. The summed E-state index contributed by atoms with van der Waals surface area (Å²) >= 11 is 0. The number of aromatic hydroxyl groups is 1. The first kappa shape index (κ1) is 23.5. The molecular weight excluding hydrogens is 424 g/mol. The standard InChI is InChI=1S/C25H24N2O6/c28-21-16-15-20(18-11-7-8-12-19(18)21)22(13-5-2-6-14-23(29)27-32)33-25(31)26-24(30)17-9-3-1-4-10-17/h1,3-4,6-12,14-16,22,28,32H,2,5,13H2,(H,27,29)(H,26,30,31)/b14-6+/t22-/m1/s1. The second kappa shape index (κ2) is 11.4. The molecule has 0 radical (unpaired) electrons. The molecule has 8 heteroatoms. The number of amides is 3. The summed E-state index contributed by atoms with van der Waals surface area (Å²) in [7, 11) is 0. The van der Waals surface area contributed by atoms with Crippen LogP contribution in [0, 0.1) is 0 Å². The maximum Gasteiger partial charge on any atom is 0.414 e. The zero-order valence-electron chi connectivity index (χ0n) is 17.7. The van der Waals surface area contributed by atoms with E-state index >= 15 is 0 Å². The number of carbonyl (C=O) groups excluding carboxylic acids is 3. The number of imide groups is 1. The minimum atomic E-state index is -0.888.